The molecule has 1 heterocycles. The van der Waals surface area contributed by atoms with Crippen molar-refractivity contribution < 1.29 is 9.64 Å². The van der Waals surface area contributed by atoms with Gasteiger partial charge in [-0.3, -0.25) is 4.90 Å². The summed E-state index contributed by atoms with van der Waals surface area (Å²) >= 11 is 0. The summed E-state index contributed by atoms with van der Waals surface area (Å²) in [6.07, 6.45) is 6.54. The van der Waals surface area contributed by atoms with Gasteiger partial charge in [0.05, 0.1) is 13.2 Å². The van der Waals surface area contributed by atoms with Crippen LogP contribution in [0.15, 0.2) is 36.1 Å². The van der Waals surface area contributed by atoms with Gasteiger partial charge in [0.25, 0.3) is 0 Å². The molecule has 0 saturated carbocycles. The molecular weight excluding hydrogens is 210 g/mol. The van der Waals surface area contributed by atoms with Crippen LogP contribution in [0.1, 0.15) is 27.7 Å². The van der Waals surface area contributed by atoms with Gasteiger partial charge in [0, 0.05) is 0 Å². The second-order valence-electron chi connectivity index (χ2n) is 5.57. The molecule has 1 aliphatic heterocycles. The minimum atomic E-state index is 0.149. The summed E-state index contributed by atoms with van der Waals surface area (Å²) in [5.74, 6) is 0. The van der Waals surface area contributed by atoms with E-state index in [-0.39, 0.29) is 5.41 Å². The fourth-order valence-electron chi connectivity index (χ4n) is 1.77. The van der Waals surface area contributed by atoms with Gasteiger partial charge in [-0.1, -0.05) is 33.4 Å². The predicted molar refractivity (Wildman–Crippen MR) is 73.0 cm³/mol. The molecule has 0 radical (unpaired) electrons. The number of hydrogen-bond donors (Lipinski definition) is 1. The van der Waals surface area contributed by atoms with E-state index >= 15 is 0 Å². The smallest absolute Gasteiger partial charge is 0.127 e. The van der Waals surface area contributed by atoms with Crippen LogP contribution < -0.4 is 4.90 Å². The van der Waals surface area contributed by atoms with Gasteiger partial charge < -0.3 is 4.74 Å². The Morgan fingerprint density at radius 2 is 1.76 bits per heavy atom. The Bertz CT molecular complexity index is 314. The molecule has 0 atom stereocenters. The van der Waals surface area contributed by atoms with Gasteiger partial charge in [-0.05, 0) is 30.1 Å². The number of rotatable bonds is 3. The highest BCUT2D eigenvalue weighted by atomic mass is 16.5. The van der Waals surface area contributed by atoms with Crippen LogP contribution in [-0.2, 0) is 4.74 Å². The summed E-state index contributed by atoms with van der Waals surface area (Å²) in [5.41, 5.74) is 2.67. The quantitative estimate of drug-likeness (QED) is 0.740. The van der Waals surface area contributed by atoms with E-state index in [1.54, 1.807) is 0 Å². The fourth-order valence-corrected chi connectivity index (χ4v) is 1.77. The number of nitrogens with one attached hydrogen (secondary N) is 1. The number of hydrogen-bond acceptors (Lipinski definition) is 1. The van der Waals surface area contributed by atoms with Gasteiger partial charge in [-0.2, -0.15) is 0 Å². The fraction of sp³-hybridized carbons (Fsp3) is 0.600. The van der Waals surface area contributed by atoms with Gasteiger partial charge in [0.2, 0.25) is 0 Å². The third-order valence-corrected chi connectivity index (χ3v) is 3.24. The highest BCUT2D eigenvalue weighted by Gasteiger charge is 2.17. The first-order chi connectivity index (χ1) is 7.95. The topological polar surface area (TPSA) is 13.7 Å². The molecule has 1 N–H and O–H groups in total. The molecule has 0 aromatic heterocycles. The maximum Gasteiger partial charge on any atom is 0.127 e. The van der Waals surface area contributed by atoms with Crippen LogP contribution >= 0.6 is 0 Å². The van der Waals surface area contributed by atoms with Crippen molar-refractivity contribution in [2.45, 2.75) is 27.7 Å². The van der Waals surface area contributed by atoms with E-state index in [4.69, 9.17) is 4.74 Å². The lowest BCUT2D eigenvalue weighted by atomic mass is 9.87. The third kappa shape index (κ3) is 4.49. The lowest BCUT2D eigenvalue weighted by molar-refractivity contribution is -0.866. The van der Waals surface area contributed by atoms with E-state index < -0.39 is 0 Å². The zero-order valence-corrected chi connectivity index (χ0v) is 11.7. The molecule has 1 saturated heterocycles. The van der Waals surface area contributed by atoms with Gasteiger partial charge in [-0.25, -0.2) is 0 Å². The summed E-state index contributed by atoms with van der Waals surface area (Å²) in [6.45, 7) is 16.6. The normalized spacial score (nSPS) is 19.9. The molecule has 2 heteroatoms. The first-order valence-corrected chi connectivity index (χ1v) is 6.41. The van der Waals surface area contributed by atoms with Crippen molar-refractivity contribution in [2.75, 3.05) is 26.3 Å². The van der Waals surface area contributed by atoms with E-state index in [0.29, 0.717) is 0 Å². The first kappa shape index (κ1) is 14.2. The zero-order valence-electron chi connectivity index (χ0n) is 11.7. The van der Waals surface area contributed by atoms with Crippen LogP contribution in [0.2, 0.25) is 0 Å². The van der Waals surface area contributed by atoms with Crippen molar-refractivity contribution in [3.05, 3.63) is 36.1 Å². The molecule has 17 heavy (non-hydrogen) atoms. The van der Waals surface area contributed by atoms with Gasteiger partial charge in [0.15, 0.2) is 0 Å². The van der Waals surface area contributed by atoms with E-state index in [0.717, 1.165) is 26.3 Å². The molecule has 96 valence electrons. The highest BCUT2D eigenvalue weighted by molar-refractivity contribution is 5.26. The molecule has 0 aromatic carbocycles. The third-order valence-electron chi connectivity index (χ3n) is 3.24. The monoisotopic (exact) mass is 236 g/mol. The van der Waals surface area contributed by atoms with Crippen molar-refractivity contribution in [2.24, 2.45) is 5.41 Å². The van der Waals surface area contributed by atoms with Gasteiger partial charge in [-0.15, -0.1) is 0 Å². The average Bonchev–Trinajstić information content (AvgIpc) is 2.29. The predicted octanol–water partition coefficient (Wildman–Crippen LogP) is 1.96. The Labute approximate surface area is 106 Å². The summed E-state index contributed by atoms with van der Waals surface area (Å²) in [5, 5.41) is 0. The van der Waals surface area contributed by atoms with Crippen LogP contribution in [0.5, 0.6) is 0 Å². The lowest BCUT2D eigenvalue weighted by Gasteiger charge is -2.24. The van der Waals surface area contributed by atoms with Crippen LogP contribution in [0.3, 0.4) is 0 Å². The van der Waals surface area contributed by atoms with Crippen LogP contribution in [-0.4, -0.2) is 26.3 Å². The Kier molecular flexibility index (Phi) is 5.16. The SMILES string of the molecule is C=C(C=CC(=CC)[NH+]1CCOCC1)C(C)(C)C. The van der Waals surface area contributed by atoms with Crippen LogP contribution in [0, 0.1) is 5.41 Å². The molecule has 1 fully saturated rings. The number of ether oxygens (including phenoxy) is 1. The maximum atomic E-state index is 5.38. The van der Waals surface area contributed by atoms with Crippen molar-refractivity contribution in [3.63, 3.8) is 0 Å². The molecule has 0 aliphatic carbocycles. The lowest BCUT2D eigenvalue weighted by Crippen LogP contribution is -3.12. The summed E-state index contributed by atoms with van der Waals surface area (Å²) in [7, 11) is 0. The second kappa shape index (κ2) is 6.18. The van der Waals surface area contributed by atoms with E-state index in [1.165, 1.54) is 16.2 Å². The maximum absolute atomic E-state index is 5.38. The Morgan fingerprint density at radius 1 is 1.18 bits per heavy atom. The van der Waals surface area contributed by atoms with Gasteiger partial charge in [0.1, 0.15) is 18.8 Å². The Morgan fingerprint density at radius 3 is 2.24 bits per heavy atom. The Hall–Kier alpha value is -0.860. The van der Waals surface area contributed by atoms with Crippen molar-refractivity contribution >= 4 is 0 Å². The zero-order chi connectivity index (χ0) is 12.9. The van der Waals surface area contributed by atoms with Crippen molar-refractivity contribution in [3.8, 4) is 0 Å². The molecule has 0 spiro atoms. The van der Waals surface area contributed by atoms with Gasteiger partial charge >= 0.3 is 0 Å². The second-order valence-corrected chi connectivity index (χ2v) is 5.57. The van der Waals surface area contributed by atoms with Crippen LogP contribution in [0.4, 0.5) is 0 Å². The minimum Gasteiger partial charge on any atom is -0.370 e. The highest BCUT2D eigenvalue weighted by Crippen LogP contribution is 2.24. The summed E-state index contributed by atoms with van der Waals surface area (Å²) < 4.78 is 5.38. The average molecular weight is 236 g/mol. The first-order valence-electron chi connectivity index (χ1n) is 6.41. The molecule has 0 bridgehead atoms. The molecule has 0 amide bonds. The molecular formula is C15H26NO+. The van der Waals surface area contributed by atoms with E-state index in [9.17, 15) is 0 Å². The molecule has 0 aromatic rings. The van der Waals surface area contributed by atoms with Crippen molar-refractivity contribution in [1.82, 2.24) is 0 Å². The standard InChI is InChI=1S/C15H25NO/c1-6-14(16-9-11-17-12-10-16)8-7-13(2)15(3,4)5/h6-8H,2,9-12H2,1,3-5H3/p+1. The van der Waals surface area contributed by atoms with Crippen LogP contribution in [0.25, 0.3) is 0 Å². The van der Waals surface area contributed by atoms with Crippen molar-refractivity contribution in [1.29, 1.82) is 0 Å². The minimum absolute atomic E-state index is 0.149. The summed E-state index contributed by atoms with van der Waals surface area (Å²) in [6, 6.07) is 0. The Balaban J connectivity index is 2.64. The molecule has 0 unspecified atom stereocenters. The molecule has 2 nitrogen and oxygen atoms in total. The molecule has 1 aliphatic rings. The van der Waals surface area contributed by atoms with E-state index in [2.05, 4.69) is 52.5 Å². The molecule has 1 rings (SSSR count). The summed E-state index contributed by atoms with van der Waals surface area (Å²) in [4.78, 5) is 1.51. The number of quaternary nitrogens is 1. The van der Waals surface area contributed by atoms with E-state index in [1.807, 2.05) is 0 Å². The number of allylic oxidation sites excluding steroid dienone is 4. The largest absolute Gasteiger partial charge is 0.370 e. The number of morpholine rings is 1.